The van der Waals surface area contributed by atoms with E-state index in [2.05, 4.69) is 15.5 Å². The maximum absolute atomic E-state index is 12.4. The van der Waals surface area contributed by atoms with Crippen molar-refractivity contribution in [2.75, 3.05) is 0 Å². The molecule has 27 heavy (non-hydrogen) atoms. The van der Waals surface area contributed by atoms with Crippen LogP contribution >= 0.6 is 0 Å². The van der Waals surface area contributed by atoms with Crippen LogP contribution in [-0.2, 0) is 27.0 Å². The molecule has 0 aliphatic rings. The number of benzene rings is 1. The third kappa shape index (κ3) is 4.93. The van der Waals surface area contributed by atoms with E-state index >= 15 is 0 Å². The van der Waals surface area contributed by atoms with E-state index in [1.165, 1.54) is 0 Å². The highest BCUT2D eigenvalue weighted by Crippen LogP contribution is 2.26. The lowest BCUT2D eigenvalue weighted by atomic mass is 9.87. The normalized spacial score (nSPS) is 13.8. The Kier molecular flexibility index (Phi) is 6.36. The van der Waals surface area contributed by atoms with Crippen LogP contribution in [0.25, 0.3) is 0 Å². The lowest BCUT2D eigenvalue weighted by Gasteiger charge is -2.30. The van der Waals surface area contributed by atoms with Gasteiger partial charge in [0.05, 0.1) is 0 Å². The predicted octanol–water partition coefficient (Wildman–Crippen LogP) is 3.20. The molecule has 1 heterocycles. The fraction of sp³-hybridized carbons (Fsp3) is 0.500. The van der Waals surface area contributed by atoms with Crippen molar-refractivity contribution in [3.05, 3.63) is 47.6 Å². The number of carbonyl (C=O) groups is 2. The van der Waals surface area contributed by atoms with Crippen molar-refractivity contribution in [2.45, 2.75) is 64.3 Å². The number of carboxylic acids is 1. The smallest absolute Gasteiger partial charge is 0.334 e. The van der Waals surface area contributed by atoms with Gasteiger partial charge in [-0.05, 0) is 18.4 Å². The summed E-state index contributed by atoms with van der Waals surface area (Å²) in [5, 5.41) is 16.4. The van der Waals surface area contributed by atoms with Gasteiger partial charge in [0, 0.05) is 18.3 Å². The molecule has 146 valence electrons. The van der Waals surface area contributed by atoms with Gasteiger partial charge in [-0.1, -0.05) is 63.2 Å². The van der Waals surface area contributed by atoms with Gasteiger partial charge in [0.1, 0.15) is 0 Å². The first-order valence-corrected chi connectivity index (χ1v) is 9.12. The molecule has 0 aliphatic heterocycles. The summed E-state index contributed by atoms with van der Waals surface area (Å²) in [4.78, 5) is 28.7. The van der Waals surface area contributed by atoms with Gasteiger partial charge in [-0.15, -0.1) is 0 Å². The second-order valence-corrected chi connectivity index (χ2v) is 7.59. The summed E-state index contributed by atoms with van der Waals surface area (Å²) in [5.41, 5.74) is -1.07. The van der Waals surface area contributed by atoms with E-state index < -0.39 is 11.5 Å². The lowest BCUT2D eigenvalue weighted by molar-refractivity contribution is -0.148. The molecule has 1 aromatic carbocycles. The summed E-state index contributed by atoms with van der Waals surface area (Å²) < 4.78 is 5.22. The number of nitrogens with one attached hydrogen (secondary N) is 1. The van der Waals surface area contributed by atoms with E-state index in [9.17, 15) is 14.7 Å². The van der Waals surface area contributed by atoms with Crippen LogP contribution in [0.1, 0.15) is 64.2 Å². The van der Waals surface area contributed by atoms with E-state index in [0.29, 0.717) is 30.1 Å². The summed E-state index contributed by atoms with van der Waals surface area (Å²) in [7, 11) is 0. The minimum absolute atomic E-state index is 0.176. The number of aliphatic carboxylic acids is 1. The maximum atomic E-state index is 12.4. The number of rotatable bonds is 8. The minimum Gasteiger partial charge on any atom is -0.479 e. The fourth-order valence-corrected chi connectivity index (χ4v) is 2.78. The van der Waals surface area contributed by atoms with Crippen LogP contribution in [0.5, 0.6) is 0 Å². The van der Waals surface area contributed by atoms with Crippen molar-refractivity contribution in [3.8, 4) is 0 Å². The fourth-order valence-electron chi connectivity index (χ4n) is 2.78. The summed E-state index contributed by atoms with van der Waals surface area (Å²) in [6.07, 6.45) is 1.38. The third-order valence-electron chi connectivity index (χ3n) is 4.45. The highest BCUT2D eigenvalue weighted by Gasteiger charge is 2.40. The van der Waals surface area contributed by atoms with Crippen LogP contribution in [0.3, 0.4) is 0 Å². The van der Waals surface area contributed by atoms with Gasteiger partial charge in [-0.25, -0.2) is 4.79 Å². The van der Waals surface area contributed by atoms with E-state index in [4.69, 9.17) is 4.52 Å². The van der Waals surface area contributed by atoms with E-state index in [0.717, 1.165) is 0 Å². The van der Waals surface area contributed by atoms with Crippen molar-refractivity contribution in [1.82, 2.24) is 15.5 Å². The molecule has 2 N–H and O–H groups in total. The Morgan fingerprint density at radius 3 is 2.37 bits per heavy atom. The molecule has 0 aliphatic carbocycles. The molecule has 1 aromatic heterocycles. The van der Waals surface area contributed by atoms with E-state index in [1.807, 2.05) is 26.8 Å². The van der Waals surface area contributed by atoms with Gasteiger partial charge >= 0.3 is 5.97 Å². The number of hydrogen-bond donors (Lipinski definition) is 2. The molecule has 1 atom stereocenters. The number of aromatic nitrogens is 2. The Balaban J connectivity index is 1.98. The number of carboxylic acid groups (broad SMARTS) is 1. The van der Waals surface area contributed by atoms with Gasteiger partial charge in [-0.2, -0.15) is 4.98 Å². The number of aryl methyl sites for hydroxylation is 1. The lowest BCUT2D eigenvalue weighted by Crippen LogP contribution is -2.51. The van der Waals surface area contributed by atoms with Crippen LogP contribution in [0.4, 0.5) is 0 Å². The predicted molar refractivity (Wildman–Crippen MR) is 100 cm³/mol. The average Bonchev–Trinajstić information content (AvgIpc) is 3.09. The van der Waals surface area contributed by atoms with Crippen molar-refractivity contribution < 1.29 is 19.2 Å². The molecule has 7 nitrogen and oxygen atoms in total. The second kappa shape index (κ2) is 8.33. The highest BCUT2D eigenvalue weighted by atomic mass is 16.5. The van der Waals surface area contributed by atoms with Crippen LogP contribution in [0, 0.1) is 0 Å². The molecule has 0 saturated carbocycles. The monoisotopic (exact) mass is 373 g/mol. The van der Waals surface area contributed by atoms with Crippen molar-refractivity contribution in [2.24, 2.45) is 0 Å². The first-order chi connectivity index (χ1) is 12.7. The molecule has 0 saturated heterocycles. The zero-order chi connectivity index (χ0) is 20.1. The largest absolute Gasteiger partial charge is 0.479 e. The Bertz CT molecular complexity index is 780. The Labute approximate surface area is 159 Å². The molecule has 0 radical (unpaired) electrons. The quantitative estimate of drug-likeness (QED) is 0.736. The summed E-state index contributed by atoms with van der Waals surface area (Å²) in [6.45, 7) is 7.73. The third-order valence-corrected chi connectivity index (χ3v) is 4.45. The first-order valence-electron chi connectivity index (χ1n) is 9.12. The Morgan fingerprint density at radius 1 is 1.19 bits per heavy atom. The van der Waals surface area contributed by atoms with E-state index in [1.54, 1.807) is 31.2 Å². The molecular formula is C20H27N3O4. The van der Waals surface area contributed by atoms with Crippen molar-refractivity contribution >= 4 is 11.9 Å². The molecule has 1 amide bonds. The van der Waals surface area contributed by atoms with Gasteiger partial charge < -0.3 is 14.9 Å². The Morgan fingerprint density at radius 2 is 1.85 bits per heavy atom. The highest BCUT2D eigenvalue weighted by molar-refractivity contribution is 5.88. The van der Waals surface area contributed by atoms with Crippen molar-refractivity contribution in [3.63, 3.8) is 0 Å². The van der Waals surface area contributed by atoms with Crippen LogP contribution in [0.15, 0.2) is 34.9 Å². The summed E-state index contributed by atoms with van der Waals surface area (Å²) in [6, 6.07) is 8.76. The summed E-state index contributed by atoms with van der Waals surface area (Å²) in [5.74, 6) is -0.285. The van der Waals surface area contributed by atoms with Gasteiger partial charge in [-0.3, -0.25) is 4.79 Å². The molecule has 0 spiro atoms. The van der Waals surface area contributed by atoms with Crippen molar-refractivity contribution in [1.29, 1.82) is 0 Å². The topological polar surface area (TPSA) is 105 Å². The second-order valence-electron chi connectivity index (χ2n) is 7.59. The average molecular weight is 373 g/mol. The zero-order valence-electron chi connectivity index (χ0n) is 16.3. The zero-order valence-corrected chi connectivity index (χ0v) is 16.3. The van der Waals surface area contributed by atoms with E-state index in [-0.39, 0.29) is 24.2 Å². The first kappa shape index (κ1) is 20.6. The number of amides is 1. The van der Waals surface area contributed by atoms with Crippen LogP contribution in [-0.4, -0.2) is 27.1 Å². The molecule has 0 fully saturated rings. The molecular weight excluding hydrogens is 346 g/mol. The standard InChI is InChI=1S/C20H27N3O4/c1-5-20(18(25)26,14-10-7-6-8-11-14)22-15(24)12-9-13-16-21-17(23-27-16)19(2,3)4/h6-8,10-11H,5,9,12-13H2,1-4H3,(H,22,24)(H,25,26). The SMILES string of the molecule is CCC(NC(=O)CCCc1nc(C(C)(C)C)no1)(C(=O)O)c1ccccc1. The van der Waals surface area contributed by atoms with Gasteiger partial charge in [0.25, 0.3) is 0 Å². The molecule has 1 unspecified atom stereocenters. The molecule has 2 rings (SSSR count). The Hall–Kier alpha value is -2.70. The number of nitrogens with zero attached hydrogens (tertiary/aromatic N) is 2. The molecule has 2 aromatic rings. The van der Waals surface area contributed by atoms with Gasteiger partial charge in [0.2, 0.25) is 11.8 Å². The number of carbonyl (C=O) groups excluding carboxylic acids is 1. The van der Waals surface area contributed by atoms with Gasteiger partial charge in [0.15, 0.2) is 11.4 Å². The summed E-state index contributed by atoms with van der Waals surface area (Å²) >= 11 is 0. The van der Waals surface area contributed by atoms with Crippen LogP contribution < -0.4 is 5.32 Å². The molecule has 0 bridgehead atoms. The minimum atomic E-state index is -1.43. The molecule has 7 heteroatoms. The van der Waals surface area contributed by atoms with Crippen LogP contribution in [0.2, 0.25) is 0 Å². The maximum Gasteiger partial charge on any atom is 0.334 e. The number of hydrogen-bond acceptors (Lipinski definition) is 5.